The summed E-state index contributed by atoms with van der Waals surface area (Å²) in [5.74, 6) is 1.88. The van der Waals surface area contributed by atoms with Crippen LogP contribution in [0.15, 0.2) is 46.4 Å². The third-order valence-electron chi connectivity index (χ3n) is 15.6. The molecule has 4 aliphatic carbocycles. The second-order valence-corrected chi connectivity index (χ2v) is 21.6. The largest absolute Gasteiger partial charge is 0.591 e. The van der Waals surface area contributed by atoms with Crippen LogP contribution in [0.5, 0.6) is 0 Å². The molecule has 0 N–H and O–H groups in total. The molecule has 6 nitrogen and oxygen atoms in total. The number of fused-ring (bicyclic) bond motifs is 3. The van der Waals surface area contributed by atoms with Crippen molar-refractivity contribution in [2.75, 3.05) is 19.8 Å². The maximum Gasteiger partial charge on any atom is 0.310 e. The van der Waals surface area contributed by atoms with E-state index in [4.69, 9.17) is 14.2 Å². The molecule has 0 amide bonds. The van der Waals surface area contributed by atoms with E-state index in [9.17, 15) is 9.35 Å². The van der Waals surface area contributed by atoms with Crippen molar-refractivity contribution in [3.63, 3.8) is 0 Å². The van der Waals surface area contributed by atoms with E-state index in [1.165, 1.54) is 0 Å². The summed E-state index contributed by atoms with van der Waals surface area (Å²) in [6, 6.07) is 10.1. The van der Waals surface area contributed by atoms with Gasteiger partial charge in [0.25, 0.3) is 0 Å². The first-order valence-corrected chi connectivity index (χ1v) is 21.0. The van der Waals surface area contributed by atoms with Gasteiger partial charge < -0.3 is 18.8 Å². The molecule has 1 aromatic rings. The van der Waals surface area contributed by atoms with Crippen molar-refractivity contribution in [2.24, 2.45) is 67.0 Å². The number of ether oxygens (including phenoxy) is 3. The number of carbonyl (C=O) groups excluding carboxylic acids is 1. The van der Waals surface area contributed by atoms with E-state index in [2.05, 4.69) is 65.9 Å². The number of hydrogen-bond acceptors (Lipinski definition) is 6. The average Bonchev–Trinajstić information content (AvgIpc) is 3.06. The highest BCUT2D eigenvalue weighted by Crippen LogP contribution is 2.75. The number of rotatable bonds is 9. The van der Waals surface area contributed by atoms with Gasteiger partial charge in [-0.05, 0) is 111 Å². The van der Waals surface area contributed by atoms with E-state index in [1.54, 1.807) is 11.8 Å². The first kappa shape index (κ1) is 39.0. The molecule has 6 rings (SSSR count). The van der Waals surface area contributed by atoms with Gasteiger partial charge in [-0.15, -0.1) is 0 Å². The Balaban J connectivity index is 1.32. The minimum absolute atomic E-state index is 0.0132. The van der Waals surface area contributed by atoms with Crippen molar-refractivity contribution < 1.29 is 23.6 Å². The molecular formula is C44H67NO5S. The fourth-order valence-corrected chi connectivity index (χ4v) is 13.1. The lowest BCUT2D eigenvalue weighted by molar-refractivity contribution is -0.248. The lowest BCUT2D eigenvalue weighted by Gasteiger charge is -2.71. The Bertz CT molecular complexity index is 1490. The van der Waals surface area contributed by atoms with Gasteiger partial charge in [-0.3, -0.25) is 4.79 Å². The molecular weight excluding hydrogens is 655 g/mol. The third kappa shape index (κ3) is 6.30. The van der Waals surface area contributed by atoms with Crippen LogP contribution >= 0.6 is 0 Å². The molecule has 51 heavy (non-hydrogen) atoms. The molecule has 1 aliphatic heterocycles. The SMILES string of the molecule is CC(C)[C@@H](C)[C@@]1(C)CC[C@]2(C)[C@H]3CC[C@@H]4C5(COC[C@]4(C)[C@@H](OCC=N[S+]([O-])C(C)(C)C)[C@H](C)C5)C3=CC[C@@]2(C)[C@@H]1C(=O)OCc1ccccc1. The van der Waals surface area contributed by atoms with Crippen molar-refractivity contribution in [3.05, 3.63) is 47.5 Å². The lowest BCUT2D eigenvalue weighted by atomic mass is 9.34. The molecule has 2 bridgehead atoms. The van der Waals surface area contributed by atoms with Crippen molar-refractivity contribution in [2.45, 2.75) is 132 Å². The van der Waals surface area contributed by atoms with E-state index in [-0.39, 0.29) is 49.8 Å². The van der Waals surface area contributed by atoms with E-state index >= 15 is 0 Å². The summed E-state index contributed by atoms with van der Waals surface area (Å²) in [4.78, 5) is 14.7. The molecule has 1 heterocycles. The van der Waals surface area contributed by atoms with Crippen LogP contribution in [0.2, 0.25) is 0 Å². The van der Waals surface area contributed by atoms with Crippen LogP contribution in [0.25, 0.3) is 0 Å². The molecule has 0 spiro atoms. The van der Waals surface area contributed by atoms with Crippen molar-refractivity contribution in [1.82, 2.24) is 0 Å². The van der Waals surface area contributed by atoms with Gasteiger partial charge >= 0.3 is 5.97 Å². The van der Waals surface area contributed by atoms with Crippen LogP contribution in [0.4, 0.5) is 0 Å². The van der Waals surface area contributed by atoms with Gasteiger partial charge in [0.15, 0.2) is 0 Å². The highest BCUT2D eigenvalue weighted by Gasteiger charge is 2.71. The molecule has 7 heteroatoms. The Morgan fingerprint density at radius 3 is 2.43 bits per heavy atom. The lowest BCUT2D eigenvalue weighted by Crippen LogP contribution is -2.68. The van der Waals surface area contributed by atoms with E-state index in [0.717, 1.165) is 50.7 Å². The fraction of sp³-hybridized carbons (Fsp3) is 0.773. The summed E-state index contributed by atoms with van der Waals surface area (Å²) in [5, 5.41) is 0. The highest BCUT2D eigenvalue weighted by atomic mass is 32.2. The van der Waals surface area contributed by atoms with Gasteiger partial charge in [-0.2, -0.15) is 0 Å². The minimum Gasteiger partial charge on any atom is -0.591 e. The smallest absolute Gasteiger partial charge is 0.310 e. The molecule has 5 aliphatic rings. The van der Waals surface area contributed by atoms with Crippen LogP contribution in [0.3, 0.4) is 0 Å². The number of benzene rings is 1. The van der Waals surface area contributed by atoms with Gasteiger partial charge in [0, 0.05) is 10.8 Å². The first-order valence-electron chi connectivity index (χ1n) is 19.9. The Morgan fingerprint density at radius 1 is 1.06 bits per heavy atom. The molecule has 4 fully saturated rings. The standard InChI is InChI=1S/C44H67NO5S/c1-29(2)31(4)40(8)21-22-42(10)33-17-18-35-41(9)27-48-28-44(35,25-30(3)37(41)49-24-23-45-51(47)39(5,6)7)34(33)19-20-43(42,11)36(40)38(46)50-26-32-15-13-12-14-16-32/h12-16,19,23,29-31,33,35-37H,17-18,20-22,24-28H2,1-11H3/t30-,31-,33+,35+,36-,37+,40-,41+,42-,43+,44?,51?/m1/s1. The molecule has 3 saturated carbocycles. The van der Waals surface area contributed by atoms with Crippen molar-refractivity contribution >= 4 is 23.5 Å². The Labute approximate surface area is 312 Å². The average molecular weight is 722 g/mol. The molecule has 1 saturated heterocycles. The molecule has 12 atom stereocenters. The summed E-state index contributed by atoms with van der Waals surface area (Å²) in [7, 11) is 0. The summed E-state index contributed by atoms with van der Waals surface area (Å²) in [6.07, 6.45) is 10.7. The Morgan fingerprint density at radius 2 is 1.76 bits per heavy atom. The number of nitrogens with zero attached hydrogens (tertiary/aromatic N) is 1. The van der Waals surface area contributed by atoms with Crippen molar-refractivity contribution in [3.8, 4) is 0 Å². The predicted octanol–water partition coefficient (Wildman–Crippen LogP) is 9.79. The predicted molar refractivity (Wildman–Crippen MR) is 207 cm³/mol. The Kier molecular flexibility index (Phi) is 10.6. The number of allylic oxidation sites excluding steroid dienone is 1. The van der Waals surface area contributed by atoms with E-state index in [0.29, 0.717) is 49.4 Å². The van der Waals surface area contributed by atoms with Crippen LogP contribution in [-0.4, -0.2) is 47.4 Å². The maximum absolute atomic E-state index is 14.7. The zero-order valence-electron chi connectivity index (χ0n) is 33.6. The monoisotopic (exact) mass is 721 g/mol. The maximum atomic E-state index is 14.7. The number of esters is 1. The van der Waals surface area contributed by atoms with E-state index in [1.807, 2.05) is 51.1 Å². The van der Waals surface area contributed by atoms with Gasteiger partial charge in [0.2, 0.25) is 0 Å². The molecule has 284 valence electrons. The zero-order valence-corrected chi connectivity index (χ0v) is 34.4. The summed E-state index contributed by atoms with van der Waals surface area (Å²) in [6.45, 7) is 27.2. The minimum atomic E-state index is -1.29. The first-order chi connectivity index (χ1) is 23.8. The van der Waals surface area contributed by atoms with Crippen LogP contribution < -0.4 is 0 Å². The molecule has 0 radical (unpaired) electrons. The highest BCUT2D eigenvalue weighted by molar-refractivity contribution is 7.91. The van der Waals surface area contributed by atoms with Crippen LogP contribution in [-0.2, 0) is 37.0 Å². The summed E-state index contributed by atoms with van der Waals surface area (Å²) in [5.41, 5.74) is 2.10. The number of carbonyl (C=O) groups is 1. The quantitative estimate of drug-likeness (QED) is 0.110. The molecule has 1 aromatic carbocycles. The summed E-state index contributed by atoms with van der Waals surface area (Å²) < 4.78 is 36.1. The van der Waals surface area contributed by atoms with E-state index < -0.39 is 11.4 Å². The second kappa shape index (κ2) is 13.9. The molecule has 2 unspecified atom stereocenters. The van der Waals surface area contributed by atoms with Gasteiger partial charge in [0.05, 0.1) is 38.1 Å². The second-order valence-electron chi connectivity index (χ2n) is 19.7. The van der Waals surface area contributed by atoms with Crippen molar-refractivity contribution in [1.29, 1.82) is 0 Å². The van der Waals surface area contributed by atoms with Crippen LogP contribution in [0.1, 0.15) is 120 Å². The number of hydrogen-bond donors (Lipinski definition) is 0. The Hall–Kier alpha value is -1.67. The van der Waals surface area contributed by atoms with Gasteiger partial charge in [-0.1, -0.05) is 102 Å². The molecule has 0 aromatic heterocycles. The third-order valence-corrected chi connectivity index (χ3v) is 17.0. The van der Waals surface area contributed by atoms with Gasteiger partial charge in [0.1, 0.15) is 22.7 Å². The fourth-order valence-electron chi connectivity index (χ4n) is 12.6. The zero-order chi connectivity index (χ0) is 37.2. The normalized spacial score (nSPS) is 42.0. The summed E-state index contributed by atoms with van der Waals surface area (Å²) >= 11 is -1.29. The van der Waals surface area contributed by atoms with Crippen LogP contribution in [0, 0.1) is 62.6 Å². The topological polar surface area (TPSA) is 80.2 Å². The van der Waals surface area contributed by atoms with Gasteiger partial charge in [-0.25, -0.2) is 0 Å².